The highest BCUT2D eigenvalue weighted by Gasteiger charge is 2.41. The molecule has 2 heterocycles. The third-order valence-corrected chi connectivity index (χ3v) is 7.69. The van der Waals surface area contributed by atoms with E-state index < -0.39 is 11.6 Å². The van der Waals surface area contributed by atoms with Gasteiger partial charge in [0, 0.05) is 11.3 Å². The van der Waals surface area contributed by atoms with Gasteiger partial charge in [-0.05, 0) is 57.8 Å². The molecule has 208 valence electrons. The van der Waals surface area contributed by atoms with E-state index in [9.17, 15) is 9.59 Å². The smallest absolute Gasteiger partial charge is 0.307 e. The number of aromatic nitrogens is 4. The van der Waals surface area contributed by atoms with Gasteiger partial charge in [0.1, 0.15) is 0 Å². The maximum Gasteiger partial charge on any atom is 0.333 e. The first kappa shape index (κ1) is 26.0. The van der Waals surface area contributed by atoms with Crippen LogP contribution in [0, 0.1) is 0 Å². The van der Waals surface area contributed by atoms with Crippen LogP contribution in [-0.2, 0) is 16.8 Å². The van der Waals surface area contributed by atoms with E-state index in [2.05, 4.69) is 52.0 Å². The highest BCUT2D eigenvalue weighted by molar-refractivity contribution is 6.22. The number of hydrogen-bond acceptors (Lipinski definition) is 5. The minimum atomic E-state index is -0.895. The number of carbonyl (C=O) groups is 2. The van der Waals surface area contributed by atoms with Crippen molar-refractivity contribution in [1.29, 1.82) is 0 Å². The van der Waals surface area contributed by atoms with Crippen LogP contribution in [0.5, 0.6) is 0 Å². The Morgan fingerprint density at radius 3 is 1.79 bits per heavy atom. The van der Waals surface area contributed by atoms with Crippen molar-refractivity contribution in [3.8, 4) is 11.4 Å². The number of carbonyl (C=O) groups excluding carboxylic acids is 2. The number of anilines is 2. The summed E-state index contributed by atoms with van der Waals surface area (Å²) < 4.78 is 0. The molecule has 0 spiro atoms. The molecule has 0 bridgehead atoms. The normalized spacial score (nSPS) is 12.7. The molecule has 1 aromatic heterocycles. The van der Waals surface area contributed by atoms with Gasteiger partial charge in [-0.1, -0.05) is 109 Å². The minimum Gasteiger partial charge on any atom is -0.307 e. The Morgan fingerprint density at radius 2 is 1.23 bits per heavy atom. The van der Waals surface area contributed by atoms with Gasteiger partial charge in [0.15, 0.2) is 5.54 Å². The van der Waals surface area contributed by atoms with E-state index in [1.807, 2.05) is 84.9 Å². The second-order valence-corrected chi connectivity index (χ2v) is 10.3. The van der Waals surface area contributed by atoms with Crippen LogP contribution in [0.3, 0.4) is 0 Å². The largest absolute Gasteiger partial charge is 0.333 e. The molecule has 0 aliphatic carbocycles. The van der Waals surface area contributed by atoms with Crippen molar-refractivity contribution in [2.45, 2.75) is 12.0 Å². The predicted molar refractivity (Wildman–Crippen MR) is 165 cm³/mol. The summed E-state index contributed by atoms with van der Waals surface area (Å²) in [5.41, 5.74) is 4.64. The minimum absolute atomic E-state index is 0.0987. The van der Waals surface area contributed by atoms with Crippen LogP contribution < -0.4 is 10.2 Å². The van der Waals surface area contributed by atoms with Crippen molar-refractivity contribution < 1.29 is 9.59 Å². The number of para-hydroxylation sites is 1. The first-order valence-electron chi connectivity index (χ1n) is 13.9. The molecule has 1 aliphatic heterocycles. The number of fused-ring (bicyclic) bond motifs is 1. The first-order chi connectivity index (χ1) is 21.1. The maximum atomic E-state index is 13.0. The number of tetrazole rings is 1. The lowest BCUT2D eigenvalue weighted by molar-refractivity contribution is -0.116. The number of hydrogen-bond donors (Lipinski definition) is 1. The summed E-state index contributed by atoms with van der Waals surface area (Å²) in [4.78, 5) is 28.8. The van der Waals surface area contributed by atoms with E-state index in [1.165, 1.54) is 4.90 Å². The lowest BCUT2D eigenvalue weighted by atomic mass is 9.77. The Hall–Kier alpha value is -5.89. The van der Waals surface area contributed by atoms with Crippen LogP contribution in [-0.4, -0.2) is 32.1 Å². The maximum absolute atomic E-state index is 13.0. The number of amides is 3. The van der Waals surface area contributed by atoms with Crippen LogP contribution in [0.25, 0.3) is 11.4 Å². The molecule has 0 atom stereocenters. The lowest BCUT2D eigenvalue weighted by Gasteiger charge is -2.34. The lowest BCUT2D eigenvalue weighted by Crippen LogP contribution is -2.39. The summed E-state index contributed by atoms with van der Waals surface area (Å²) in [5.74, 6) is 0.114. The van der Waals surface area contributed by atoms with E-state index >= 15 is 0 Å². The van der Waals surface area contributed by atoms with Gasteiger partial charge in [0.2, 0.25) is 11.7 Å². The van der Waals surface area contributed by atoms with Gasteiger partial charge in [-0.25, -0.2) is 9.69 Å². The average molecular weight is 563 g/mol. The van der Waals surface area contributed by atoms with E-state index in [1.54, 1.807) is 23.0 Å². The Bertz CT molecular complexity index is 1810. The third kappa shape index (κ3) is 4.55. The molecule has 6 aromatic rings. The van der Waals surface area contributed by atoms with Crippen LogP contribution in [0.2, 0.25) is 0 Å². The zero-order valence-corrected chi connectivity index (χ0v) is 23.0. The number of nitrogens with one attached hydrogen (secondary N) is 1. The quantitative estimate of drug-likeness (QED) is 0.241. The topological polar surface area (TPSA) is 93.0 Å². The summed E-state index contributed by atoms with van der Waals surface area (Å²) in [6.07, 6.45) is 0.0987. The van der Waals surface area contributed by atoms with Gasteiger partial charge in [0.05, 0.1) is 12.1 Å². The van der Waals surface area contributed by atoms with Crippen LogP contribution in [0.15, 0.2) is 140 Å². The van der Waals surface area contributed by atoms with Crippen molar-refractivity contribution in [1.82, 2.24) is 20.2 Å². The van der Waals surface area contributed by atoms with E-state index in [4.69, 9.17) is 5.10 Å². The zero-order valence-electron chi connectivity index (χ0n) is 23.0. The molecule has 0 radical (unpaired) electrons. The number of nitrogens with zero attached hydrogens (tertiary/aromatic N) is 5. The van der Waals surface area contributed by atoms with E-state index in [0.29, 0.717) is 22.8 Å². The summed E-state index contributed by atoms with van der Waals surface area (Å²) in [6, 6.07) is 44.4. The monoisotopic (exact) mass is 562 g/mol. The number of rotatable bonds is 6. The van der Waals surface area contributed by atoms with Gasteiger partial charge in [-0.2, -0.15) is 0 Å². The number of benzene rings is 5. The molecule has 1 N–H and O–H groups in total. The fourth-order valence-electron chi connectivity index (χ4n) is 5.74. The molecule has 5 aromatic carbocycles. The molecule has 0 saturated carbocycles. The standard InChI is InChI=1S/C35H26N6O2/c42-32-24-26-23-25(21-22-31(26)40(32)34(43)36-30-19-11-4-12-20-30)33-37-39-41(38-33)35(27-13-5-1-6-14-27,28-15-7-2-8-16-28)29-17-9-3-10-18-29/h1-23H,24H2,(H,36,43). The fourth-order valence-corrected chi connectivity index (χ4v) is 5.74. The number of urea groups is 1. The summed E-state index contributed by atoms with van der Waals surface area (Å²) in [6.45, 7) is 0. The van der Waals surface area contributed by atoms with Crippen LogP contribution in [0.1, 0.15) is 22.3 Å². The first-order valence-corrected chi connectivity index (χ1v) is 13.9. The Labute approximate surface area is 248 Å². The summed E-state index contributed by atoms with van der Waals surface area (Å²) >= 11 is 0. The van der Waals surface area contributed by atoms with Gasteiger partial charge in [0.25, 0.3) is 0 Å². The Balaban J connectivity index is 1.30. The van der Waals surface area contributed by atoms with Crippen molar-refractivity contribution in [2.75, 3.05) is 10.2 Å². The highest BCUT2D eigenvalue weighted by atomic mass is 16.2. The fraction of sp³-hybridized carbons (Fsp3) is 0.0571. The van der Waals surface area contributed by atoms with Crippen molar-refractivity contribution >= 4 is 23.3 Å². The highest BCUT2D eigenvalue weighted by Crippen LogP contribution is 2.40. The van der Waals surface area contributed by atoms with Crippen LogP contribution in [0.4, 0.5) is 16.2 Å². The molecule has 7 rings (SSSR count). The molecule has 0 saturated heterocycles. The van der Waals surface area contributed by atoms with Gasteiger partial charge in [-0.3, -0.25) is 4.79 Å². The third-order valence-electron chi connectivity index (χ3n) is 7.69. The van der Waals surface area contributed by atoms with E-state index in [0.717, 1.165) is 22.3 Å². The molecule has 8 heteroatoms. The second-order valence-electron chi connectivity index (χ2n) is 10.3. The Morgan fingerprint density at radius 1 is 0.698 bits per heavy atom. The molecule has 1 aliphatic rings. The SMILES string of the molecule is O=C1Cc2cc(-c3nnn(C(c4ccccc4)(c4ccccc4)c4ccccc4)n3)ccc2N1C(=O)Nc1ccccc1. The molecule has 0 fully saturated rings. The average Bonchev–Trinajstić information content (AvgIpc) is 3.68. The predicted octanol–water partition coefficient (Wildman–Crippen LogP) is 6.30. The molecule has 3 amide bonds. The van der Waals surface area contributed by atoms with Crippen LogP contribution >= 0.6 is 0 Å². The van der Waals surface area contributed by atoms with Crippen molar-refractivity contribution in [3.05, 3.63) is 162 Å². The molecule has 8 nitrogen and oxygen atoms in total. The molecular formula is C35H26N6O2. The zero-order chi connectivity index (χ0) is 29.2. The van der Waals surface area contributed by atoms with Gasteiger partial charge in [-0.15, -0.1) is 15.0 Å². The summed E-state index contributed by atoms with van der Waals surface area (Å²) in [5, 5.41) is 16.9. The number of imide groups is 1. The summed E-state index contributed by atoms with van der Waals surface area (Å²) in [7, 11) is 0. The van der Waals surface area contributed by atoms with Crippen molar-refractivity contribution in [3.63, 3.8) is 0 Å². The Kier molecular flexibility index (Phi) is 6.56. The molecular weight excluding hydrogens is 536 g/mol. The van der Waals surface area contributed by atoms with Crippen molar-refractivity contribution in [2.24, 2.45) is 0 Å². The molecule has 43 heavy (non-hydrogen) atoms. The molecule has 0 unspecified atom stereocenters. The van der Waals surface area contributed by atoms with E-state index in [-0.39, 0.29) is 12.3 Å². The van der Waals surface area contributed by atoms with Gasteiger partial charge >= 0.3 is 6.03 Å². The second kappa shape index (κ2) is 10.8. The van der Waals surface area contributed by atoms with Gasteiger partial charge < -0.3 is 5.32 Å².